The number of benzene rings is 3. The number of non-ortho nitro benzene ring substituents is 1. The molecule has 1 aliphatic heterocycles. The first kappa shape index (κ1) is 22.9. The molecule has 0 unspecified atom stereocenters. The summed E-state index contributed by atoms with van der Waals surface area (Å²) in [4.78, 5) is 10.4. The van der Waals surface area contributed by atoms with Gasteiger partial charge in [0.2, 0.25) is 6.79 Å². The molecule has 3 aromatic carbocycles. The zero-order valence-electron chi connectivity index (χ0n) is 18.0. The first-order chi connectivity index (χ1) is 16.0. The molecule has 9 heteroatoms. The normalized spacial score (nSPS) is 11.9. The van der Waals surface area contributed by atoms with Gasteiger partial charge in [0.05, 0.1) is 11.5 Å². The van der Waals surface area contributed by atoms with Crippen LogP contribution in [0.25, 0.3) is 0 Å². The van der Waals surface area contributed by atoms with Crippen LogP contribution in [0, 0.1) is 10.1 Å². The molecule has 0 atom stereocenters. The molecule has 8 nitrogen and oxygen atoms in total. The minimum Gasteiger partial charge on any atom is -0.490 e. The lowest BCUT2D eigenvalue weighted by molar-refractivity contribution is -0.384. The van der Waals surface area contributed by atoms with E-state index in [1.807, 2.05) is 37.3 Å². The highest BCUT2D eigenvalue weighted by atomic mass is 79.9. The zero-order valence-corrected chi connectivity index (χ0v) is 19.6. The summed E-state index contributed by atoms with van der Waals surface area (Å²) < 4.78 is 23.4. The van der Waals surface area contributed by atoms with Crippen LogP contribution in [0.5, 0.6) is 23.0 Å². The second-order valence-electron chi connectivity index (χ2n) is 7.33. The van der Waals surface area contributed by atoms with Crippen LogP contribution in [0.15, 0.2) is 59.1 Å². The molecule has 4 rings (SSSR count). The minimum absolute atomic E-state index is 0.0501. The first-order valence-corrected chi connectivity index (χ1v) is 11.2. The Kier molecular flexibility index (Phi) is 7.31. The van der Waals surface area contributed by atoms with Crippen molar-refractivity contribution in [2.45, 2.75) is 26.6 Å². The maximum absolute atomic E-state index is 10.8. The van der Waals surface area contributed by atoms with Crippen molar-refractivity contribution in [3.8, 4) is 23.0 Å². The molecule has 0 bridgehead atoms. The fourth-order valence-electron chi connectivity index (χ4n) is 3.36. The SMILES string of the molecule is CCOc1cc(CNCc2ccc3c(c2)OCO3)c(Br)cc1OCc1ccc([N+](=O)[O-])cc1. The van der Waals surface area contributed by atoms with Crippen LogP contribution in [0.4, 0.5) is 5.69 Å². The maximum Gasteiger partial charge on any atom is 0.269 e. The molecule has 0 aromatic heterocycles. The van der Waals surface area contributed by atoms with Gasteiger partial charge in [-0.05, 0) is 60.0 Å². The van der Waals surface area contributed by atoms with Gasteiger partial charge in [-0.3, -0.25) is 10.1 Å². The topological polar surface area (TPSA) is 92.1 Å². The summed E-state index contributed by atoms with van der Waals surface area (Å²) in [5, 5.41) is 14.2. The van der Waals surface area contributed by atoms with Gasteiger partial charge in [0, 0.05) is 29.7 Å². The van der Waals surface area contributed by atoms with Crippen LogP contribution >= 0.6 is 15.9 Å². The van der Waals surface area contributed by atoms with Gasteiger partial charge in [0.1, 0.15) is 6.61 Å². The lowest BCUT2D eigenvalue weighted by Crippen LogP contribution is -2.13. The average Bonchev–Trinajstić information content (AvgIpc) is 3.28. The van der Waals surface area contributed by atoms with Crippen LogP contribution in [0.2, 0.25) is 0 Å². The number of nitro benzene ring substituents is 1. The second-order valence-corrected chi connectivity index (χ2v) is 8.18. The van der Waals surface area contributed by atoms with E-state index in [-0.39, 0.29) is 19.1 Å². The van der Waals surface area contributed by atoms with Crippen LogP contribution in [-0.2, 0) is 19.7 Å². The third-order valence-electron chi connectivity index (χ3n) is 5.04. The molecule has 1 N–H and O–H groups in total. The number of nitrogens with zero attached hydrogens (tertiary/aromatic N) is 1. The van der Waals surface area contributed by atoms with E-state index < -0.39 is 4.92 Å². The molecule has 1 aliphatic rings. The molecule has 0 radical (unpaired) electrons. The van der Waals surface area contributed by atoms with E-state index in [1.165, 1.54) is 12.1 Å². The summed E-state index contributed by atoms with van der Waals surface area (Å²) in [5.41, 5.74) is 3.01. The molecule has 0 saturated heterocycles. The molecule has 0 aliphatic carbocycles. The van der Waals surface area contributed by atoms with E-state index in [9.17, 15) is 10.1 Å². The number of nitro groups is 1. The van der Waals surface area contributed by atoms with E-state index in [0.717, 1.165) is 32.7 Å². The monoisotopic (exact) mass is 514 g/mol. The fraction of sp³-hybridized carbons (Fsp3) is 0.250. The number of hydrogen-bond acceptors (Lipinski definition) is 7. The van der Waals surface area contributed by atoms with E-state index in [1.54, 1.807) is 12.1 Å². The number of ether oxygens (including phenoxy) is 4. The van der Waals surface area contributed by atoms with Crippen molar-refractivity contribution < 1.29 is 23.9 Å². The van der Waals surface area contributed by atoms with Crippen molar-refractivity contribution in [2.75, 3.05) is 13.4 Å². The maximum atomic E-state index is 10.8. The standard InChI is InChI=1S/C24H23BrN2O6/c1-2-30-23-10-18(13-26-12-17-5-8-21-22(9-17)33-15-32-21)20(25)11-24(23)31-14-16-3-6-19(7-4-16)27(28)29/h3-11,26H,2,12-15H2,1H3. The van der Waals surface area contributed by atoms with Gasteiger partial charge in [-0.2, -0.15) is 0 Å². The average molecular weight is 515 g/mol. The molecule has 0 amide bonds. The smallest absolute Gasteiger partial charge is 0.269 e. The summed E-state index contributed by atoms with van der Waals surface area (Å²) >= 11 is 3.62. The molecule has 3 aromatic rings. The van der Waals surface area contributed by atoms with Crippen molar-refractivity contribution in [3.63, 3.8) is 0 Å². The van der Waals surface area contributed by atoms with Gasteiger partial charge >= 0.3 is 0 Å². The Hall–Kier alpha value is -3.30. The fourth-order valence-corrected chi connectivity index (χ4v) is 3.82. The van der Waals surface area contributed by atoms with E-state index >= 15 is 0 Å². The van der Waals surface area contributed by atoms with Gasteiger partial charge in [-0.15, -0.1) is 0 Å². The Morgan fingerprint density at radius 3 is 2.45 bits per heavy atom. The minimum atomic E-state index is -0.422. The molecule has 172 valence electrons. The van der Waals surface area contributed by atoms with Gasteiger partial charge in [0.15, 0.2) is 23.0 Å². The highest BCUT2D eigenvalue weighted by molar-refractivity contribution is 9.10. The van der Waals surface area contributed by atoms with Gasteiger partial charge in [-0.1, -0.05) is 22.0 Å². The number of hydrogen-bond donors (Lipinski definition) is 1. The van der Waals surface area contributed by atoms with Crippen molar-refractivity contribution >= 4 is 21.6 Å². The van der Waals surface area contributed by atoms with Gasteiger partial charge < -0.3 is 24.3 Å². The summed E-state index contributed by atoms with van der Waals surface area (Å²) in [6.45, 7) is 4.24. The predicted molar refractivity (Wildman–Crippen MR) is 126 cm³/mol. The molecule has 0 fully saturated rings. The number of fused-ring (bicyclic) bond motifs is 1. The highest BCUT2D eigenvalue weighted by Crippen LogP contribution is 2.35. The Morgan fingerprint density at radius 1 is 0.970 bits per heavy atom. The molecular formula is C24H23BrN2O6. The molecule has 0 saturated carbocycles. The summed E-state index contributed by atoms with van der Waals surface area (Å²) in [6.07, 6.45) is 0. The first-order valence-electron chi connectivity index (χ1n) is 10.4. The van der Waals surface area contributed by atoms with Gasteiger partial charge in [0.25, 0.3) is 5.69 Å². The quantitative estimate of drug-likeness (QED) is 0.287. The Morgan fingerprint density at radius 2 is 1.70 bits per heavy atom. The summed E-state index contributed by atoms with van der Waals surface area (Å²) in [7, 11) is 0. The second kappa shape index (κ2) is 10.5. The van der Waals surface area contributed by atoms with E-state index in [2.05, 4.69) is 21.2 Å². The number of rotatable bonds is 10. The van der Waals surface area contributed by atoms with Crippen LogP contribution in [0.3, 0.4) is 0 Å². The summed E-state index contributed by atoms with van der Waals surface area (Å²) in [5.74, 6) is 2.78. The van der Waals surface area contributed by atoms with Crippen molar-refractivity contribution in [1.29, 1.82) is 0 Å². The third kappa shape index (κ3) is 5.74. The Labute approximate surface area is 199 Å². The van der Waals surface area contributed by atoms with Crippen LogP contribution in [-0.4, -0.2) is 18.3 Å². The Bertz CT molecular complexity index is 1140. The van der Waals surface area contributed by atoms with Crippen LogP contribution < -0.4 is 24.3 Å². The van der Waals surface area contributed by atoms with E-state index in [0.29, 0.717) is 31.2 Å². The largest absolute Gasteiger partial charge is 0.490 e. The van der Waals surface area contributed by atoms with Crippen molar-refractivity contribution in [1.82, 2.24) is 5.32 Å². The highest BCUT2D eigenvalue weighted by Gasteiger charge is 2.14. The molecular weight excluding hydrogens is 492 g/mol. The lowest BCUT2D eigenvalue weighted by atomic mass is 10.1. The molecule has 33 heavy (non-hydrogen) atoms. The molecule has 0 spiro atoms. The van der Waals surface area contributed by atoms with Crippen molar-refractivity contribution in [3.05, 3.63) is 85.9 Å². The number of halogens is 1. The van der Waals surface area contributed by atoms with Crippen molar-refractivity contribution in [2.24, 2.45) is 0 Å². The van der Waals surface area contributed by atoms with E-state index in [4.69, 9.17) is 18.9 Å². The third-order valence-corrected chi connectivity index (χ3v) is 5.77. The molecule has 1 heterocycles. The Balaban J connectivity index is 1.39. The lowest BCUT2D eigenvalue weighted by Gasteiger charge is -2.15. The summed E-state index contributed by atoms with van der Waals surface area (Å²) in [6, 6.07) is 16.0. The predicted octanol–water partition coefficient (Wildman–Crippen LogP) is 5.35. The zero-order chi connectivity index (χ0) is 23.2. The van der Waals surface area contributed by atoms with Crippen LogP contribution in [0.1, 0.15) is 23.6 Å². The van der Waals surface area contributed by atoms with Gasteiger partial charge in [-0.25, -0.2) is 0 Å². The number of nitrogens with one attached hydrogen (secondary N) is 1.